The molecular weight excluding hydrogens is 338 g/mol. The number of anilines is 2. The number of nitrogens with one attached hydrogen (secondary N) is 1. The summed E-state index contributed by atoms with van der Waals surface area (Å²) in [5.41, 5.74) is 4.76. The smallest absolute Gasteiger partial charge is 0.239 e. The maximum absolute atomic E-state index is 12.5. The number of carbonyl (C=O) groups excluding carboxylic acids is 1. The fourth-order valence-electron chi connectivity index (χ4n) is 3.92. The number of carbonyl (C=O) groups is 1. The van der Waals surface area contributed by atoms with Crippen molar-refractivity contribution in [1.29, 1.82) is 0 Å². The molecule has 1 aromatic heterocycles. The number of amides is 1. The summed E-state index contributed by atoms with van der Waals surface area (Å²) < 4.78 is 0. The Hall–Kier alpha value is -2.47. The van der Waals surface area contributed by atoms with Crippen LogP contribution in [0.25, 0.3) is 0 Å². The van der Waals surface area contributed by atoms with Crippen molar-refractivity contribution in [2.75, 3.05) is 42.9 Å². The fourth-order valence-corrected chi connectivity index (χ4v) is 3.92. The van der Waals surface area contributed by atoms with E-state index in [1.54, 1.807) is 6.33 Å². The van der Waals surface area contributed by atoms with Crippen LogP contribution in [0.2, 0.25) is 0 Å². The lowest BCUT2D eigenvalue weighted by Gasteiger charge is -2.35. The highest BCUT2D eigenvalue weighted by atomic mass is 16.2. The summed E-state index contributed by atoms with van der Waals surface area (Å²) in [6, 6.07) is 8.65. The van der Waals surface area contributed by atoms with Gasteiger partial charge in [0.2, 0.25) is 5.91 Å². The van der Waals surface area contributed by atoms with Gasteiger partial charge in [0.15, 0.2) is 0 Å². The molecular formula is C21H27N5O. The van der Waals surface area contributed by atoms with E-state index in [0.717, 1.165) is 56.7 Å². The van der Waals surface area contributed by atoms with Gasteiger partial charge < -0.3 is 10.2 Å². The van der Waals surface area contributed by atoms with Gasteiger partial charge in [0.25, 0.3) is 0 Å². The summed E-state index contributed by atoms with van der Waals surface area (Å²) in [5, 5.41) is 3.02. The highest BCUT2D eigenvalue weighted by molar-refractivity contribution is 5.92. The maximum atomic E-state index is 12.5. The van der Waals surface area contributed by atoms with Crippen LogP contribution in [-0.4, -0.2) is 53.5 Å². The minimum absolute atomic E-state index is 0.0188. The van der Waals surface area contributed by atoms with E-state index >= 15 is 0 Å². The second-order valence-corrected chi connectivity index (χ2v) is 7.50. The van der Waals surface area contributed by atoms with Crippen LogP contribution in [0.1, 0.15) is 29.7 Å². The quantitative estimate of drug-likeness (QED) is 0.902. The van der Waals surface area contributed by atoms with Gasteiger partial charge in [0.1, 0.15) is 12.1 Å². The first-order valence-electron chi connectivity index (χ1n) is 9.85. The molecule has 0 spiro atoms. The van der Waals surface area contributed by atoms with Crippen molar-refractivity contribution in [3.63, 3.8) is 0 Å². The van der Waals surface area contributed by atoms with E-state index in [-0.39, 0.29) is 5.91 Å². The first kappa shape index (κ1) is 17.9. The number of piperazine rings is 1. The molecule has 27 heavy (non-hydrogen) atoms. The molecule has 6 nitrogen and oxygen atoms in total. The molecule has 1 aliphatic heterocycles. The lowest BCUT2D eigenvalue weighted by molar-refractivity contribution is -0.117. The minimum Gasteiger partial charge on any atom is -0.369 e. The topological polar surface area (TPSA) is 61.4 Å². The summed E-state index contributed by atoms with van der Waals surface area (Å²) >= 11 is 0. The zero-order valence-electron chi connectivity index (χ0n) is 15.9. The van der Waals surface area contributed by atoms with E-state index in [0.29, 0.717) is 12.4 Å². The monoisotopic (exact) mass is 365 g/mol. The van der Waals surface area contributed by atoms with Crippen molar-refractivity contribution in [2.45, 2.75) is 32.6 Å². The molecule has 2 aliphatic rings. The van der Waals surface area contributed by atoms with Gasteiger partial charge in [-0.25, -0.2) is 9.97 Å². The molecule has 1 saturated heterocycles. The van der Waals surface area contributed by atoms with Crippen LogP contribution in [0.15, 0.2) is 30.6 Å². The molecule has 0 atom stereocenters. The SMILES string of the molecule is Cc1ccc(N2CCN(CC(=O)Nc3ncnc4c3CCCC4)CC2)cc1. The van der Waals surface area contributed by atoms with Crippen molar-refractivity contribution >= 4 is 17.4 Å². The third kappa shape index (κ3) is 4.27. The molecule has 1 aromatic carbocycles. The van der Waals surface area contributed by atoms with Crippen molar-refractivity contribution in [1.82, 2.24) is 14.9 Å². The first-order chi connectivity index (χ1) is 13.2. The summed E-state index contributed by atoms with van der Waals surface area (Å²) in [4.78, 5) is 25.8. The number of hydrogen-bond donors (Lipinski definition) is 1. The van der Waals surface area contributed by atoms with Gasteiger partial charge in [-0.2, -0.15) is 0 Å². The third-order valence-corrected chi connectivity index (χ3v) is 5.52. The highest BCUT2D eigenvalue weighted by Gasteiger charge is 2.21. The predicted octanol–water partition coefficient (Wildman–Crippen LogP) is 2.42. The molecule has 1 N–H and O–H groups in total. The summed E-state index contributed by atoms with van der Waals surface area (Å²) in [6.45, 7) is 6.19. The number of fused-ring (bicyclic) bond motifs is 1. The zero-order valence-corrected chi connectivity index (χ0v) is 15.9. The van der Waals surface area contributed by atoms with Crippen molar-refractivity contribution in [2.24, 2.45) is 0 Å². The second kappa shape index (κ2) is 8.05. The average molecular weight is 365 g/mol. The summed E-state index contributed by atoms with van der Waals surface area (Å²) in [7, 11) is 0. The van der Waals surface area contributed by atoms with E-state index in [2.05, 4.69) is 56.3 Å². The number of aromatic nitrogens is 2. The predicted molar refractivity (Wildman–Crippen MR) is 107 cm³/mol. The second-order valence-electron chi connectivity index (χ2n) is 7.50. The van der Waals surface area contributed by atoms with E-state index in [1.807, 2.05) is 0 Å². The number of nitrogens with zero attached hydrogens (tertiary/aromatic N) is 4. The molecule has 2 heterocycles. The molecule has 142 valence electrons. The first-order valence-corrected chi connectivity index (χ1v) is 9.85. The standard InChI is InChI=1S/C21H27N5O/c1-16-6-8-17(9-7-16)26-12-10-25(11-13-26)14-20(27)24-21-18-4-2-3-5-19(18)22-15-23-21/h6-9,15H,2-5,10-14H2,1H3,(H,22,23,24,27). The van der Waals surface area contributed by atoms with Crippen LogP contribution >= 0.6 is 0 Å². The zero-order chi connectivity index (χ0) is 18.6. The van der Waals surface area contributed by atoms with Crippen LogP contribution in [0.3, 0.4) is 0 Å². The fraction of sp³-hybridized carbons (Fsp3) is 0.476. The Balaban J connectivity index is 1.30. The van der Waals surface area contributed by atoms with Crippen molar-refractivity contribution in [3.05, 3.63) is 47.4 Å². The highest BCUT2D eigenvalue weighted by Crippen LogP contribution is 2.24. The molecule has 0 unspecified atom stereocenters. The van der Waals surface area contributed by atoms with Gasteiger partial charge in [-0.15, -0.1) is 0 Å². The van der Waals surface area contributed by atoms with Crippen molar-refractivity contribution in [3.8, 4) is 0 Å². The van der Waals surface area contributed by atoms with Crippen LogP contribution in [0.5, 0.6) is 0 Å². The van der Waals surface area contributed by atoms with Gasteiger partial charge in [-0.05, 0) is 44.7 Å². The Morgan fingerprint density at radius 3 is 2.56 bits per heavy atom. The Morgan fingerprint density at radius 1 is 1.04 bits per heavy atom. The Labute approximate surface area is 160 Å². The Morgan fingerprint density at radius 2 is 1.78 bits per heavy atom. The lowest BCUT2D eigenvalue weighted by atomic mass is 9.96. The van der Waals surface area contributed by atoms with Crippen LogP contribution < -0.4 is 10.2 Å². The molecule has 2 aromatic rings. The molecule has 1 fully saturated rings. The maximum Gasteiger partial charge on any atom is 0.239 e. The molecule has 0 saturated carbocycles. The molecule has 0 bridgehead atoms. The van der Waals surface area contributed by atoms with Gasteiger partial charge in [-0.3, -0.25) is 9.69 Å². The summed E-state index contributed by atoms with van der Waals surface area (Å²) in [5.74, 6) is 0.730. The van der Waals surface area contributed by atoms with Gasteiger partial charge in [-0.1, -0.05) is 17.7 Å². The summed E-state index contributed by atoms with van der Waals surface area (Å²) in [6.07, 6.45) is 5.83. The molecule has 6 heteroatoms. The van der Waals surface area contributed by atoms with Gasteiger partial charge >= 0.3 is 0 Å². The Kier molecular flexibility index (Phi) is 5.34. The largest absolute Gasteiger partial charge is 0.369 e. The van der Waals surface area contributed by atoms with Crippen LogP contribution in [0, 0.1) is 6.92 Å². The Bertz CT molecular complexity index is 797. The van der Waals surface area contributed by atoms with Crippen LogP contribution in [-0.2, 0) is 17.6 Å². The molecule has 1 aliphatic carbocycles. The van der Waals surface area contributed by atoms with Gasteiger partial charge in [0, 0.05) is 43.1 Å². The average Bonchev–Trinajstić information content (AvgIpc) is 2.69. The van der Waals surface area contributed by atoms with Crippen LogP contribution in [0.4, 0.5) is 11.5 Å². The van der Waals surface area contributed by atoms with Crippen molar-refractivity contribution < 1.29 is 4.79 Å². The molecule has 0 radical (unpaired) electrons. The number of rotatable bonds is 4. The van der Waals surface area contributed by atoms with E-state index in [9.17, 15) is 4.79 Å². The van der Waals surface area contributed by atoms with E-state index in [4.69, 9.17) is 0 Å². The van der Waals surface area contributed by atoms with E-state index in [1.165, 1.54) is 17.7 Å². The number of benzene rings is 1. The van der Waals surface area contributed by atoms with Gasteiger partial charge in [0.05, 0.1) is 6.54 Å². The molecule has 1 amide bonds. The lowest BCUT2D eigenvalue weighted by Crippen LogP contribution is -2.48. The number of aryl methyl sites for hydroxylation is 2. The normalized spacial score (nSPS) is 17.4. The minimum atomic E-state index is 0.0188. The number of hydrogen-bond acceptors (Lipinski definition) is 5. The third-order valence-electron chi connectivity index (χ3n) is 5.52. The molecule has 4 rings (SSSR count). The van der Waals surface area contributed by atoms with E-state index < -0.39 is 0 Å².